The minimum atomic E-state index is -0.892. The maximum absolute atomic E-state index is 10.9. The Morgan fingerprint density at radius 3 is 2.00 bits per heavy atom. The van der Waals surface area contributed by atoms with Gasteiger partial charge in [0.25, 0.3) is 0 Å². The van der Waals surface area contributed by atoms with Gasteiger partial charge in [-0.2, -0.15) is 0 Å². The highest BCUT2D eigenvalue weighted by molar-refractivity contribution is 9.10. The number of carboxylic acid groups (broad SMARTS) is 1. The molecule has 0 saturated carbocycles. The van der Waals surface area contributed by atoms with E-state index in [4.69, 9.17) is 10.2 Å². The van der Waals surface area contributed by atoms with Gasteiger partial charge in [0.2, 0.25) is 0 Å². The normalized spacial score (nSPS) is 11.5. The molecule has 1 aromatic rings. The Hall–Kier alpha value is -0.940. The highest BCUT2D eigenvalue weighted by Crippen LogP contribution is 2.24. The molecular formula is C13H20BrNO3. The number of hydrogen-bond donors (Lipinski definition) is 2. The highest BCUT2D eigenvalue weighted by atomic mass is 79.9. The molecule has 0 unspecified atom stereocenters. The molecule has 2 N–H and O–H groups in total. The number of aliphatic hydroxyl groups is 1. The van der Waals surface area contributed by atoms with E-state index in [1.54, 1.807) is 53.1 Å². The fourth-order valence-electron chi connectivity index (χ4n) is 0.877. The lowest BCUT2D eigenvalue weighted by Gasteiger charge is -2.18. The Bertz CT molecular complexity index is 405. The molecule has 18 heavy (non-hydrogen) atoms. The van der Waals surface area contributed by atoms with Gasteiger partial charge in [-0.3, -0.25) is 9.78 Å². The predicted octanol–water partition coefficient (Wildman–Crippen LogP) is 2.98. The van der Waals surface area contributed by atoms with Crippen LogP contribution in [0.25, 0.3) is 0 Å². The van der Waals surface area contributed by atoms with E-state index < -0.39 is 17.0 Å². The molecule has 0 spiro atoms. The number of nitrogens with zero attached hydrogens (tertiary/aromatic N) is 1. The summed E-state index contributed by atoms with van der Waals surface area (Å²) in [6.45, 7) is 8.53. The topological polar surface area (TPSA) is 70.4 Å². The molecule has 5 heteroatoms. The predicted molar refractivity (Wildman–Crippen MR) is 74.6 cm³/mol. The van der Waals surface area contributed by atoms with E-state index in [0.29, 0.717) is 5.56 Å². The van der Waals surface area contributed by atoms with Crippen LogP contribution in [0, 0.1) is 0 Å². The van der Waals surface area contributed by atoms with Crippen LogP contribution in [0.5, 0.6) is 0 Å². The molecule has 0 aliphatic rings. The van der Waals surface area contributed by atoms with Crippen LogP contribution in [0.1, 0.15) is 40.2 Å². The molecule has 1 heterocycles. The van der Waals surface area contributed by atoms with Gasteiger partial charge in [0.1, 0.15) is 0 Å². The maximum Gasteiger partial charge on any atom is 0.313 e. The van der Waals surface area contributed by atoms with Gasteiger partial charge in [-0.1, -0.05) is 0 Å². The number of pyridine rings is 1. The third-order valence-electron chi connectivity index (χ3n) is 1.96. The maximum atomic E-state index is 10.9. The Labute approximate surface area is 116 Å². The van der Waals surface area contributed by atoms with Crippen molar-refractivity contribution < 1.29 is 15.0 Å². The zero-order chi connectivity index (χ0) is 14.6. The van der Waals surface area contributed by atoms with Crippen LogP contribution in [0.2, 0.25) is 0 Å². The second-order valence-electron chi connectivity index (χ2n) is 5.49. The minimum Gasteiger partial charge on any atom is -0.481 e. The fourth-order valence-corrected chi connectivity index (χ4v) is 1.24. The van der Waals surface area contributed by atoms with Gasteiger partial charge in [0.15, 0.2) is 0 Å². The summed E-state index contributed by atoms with van der Waals surface area (Å²) in [6.07, 6.45) is 3.19. The third-order valence-corrected chi connectivity index (χ3v) is 2.39. The first-order chi connectivity index (χ1) is 7.94. The second kappa shape index (κ2) is 6.29. The van der Waals surface area contributed by atoms with E-state index in [0.717, 1.165) is 4.47 Å². The number of hydrogen-bond acceptors (Lipinski definition) is 3. The first kappa shape index (κ1) is 17.1. The smallest absolute Gasteiger partial charge is 0.313 e. The molecule has 1 aromatic heterocycles. The summed E-state index contributed by atoms with van der Waals surface area (Å²) in [4.78, 5) is 14.8. The average molecular weight is 318 g/mol. The van der Waals surface area contributed by atoms with Crippen LogP contribution in [0.3, 0.4) is 0 Å². The lowest BCUT2D eigenvalue weighted by molar-refractivity contribution is -0.142. The Morgan fingerprint density at radius 2 is 1.67 bits per heavy atom. The summed E-state index contributed by atoms with van der Waals surface area (Å²) in [5.41, 5.74) is -0.703. The number of carboxylic acids is 1. The van der Waals surface area contributed by atoms with Gasteiger partial charge in [-0.25, -0.2) is 0 Å². The molecule has 0 amide bonds. The van der Waals surface area contributed by atoms with Crippen LogP contribution < -0.4 is 0 Å². The Kier molecular flexibility index (Phi) is 5.96. The molecular weight excluding hydrogens is 298 g/mol. The van der Waals surface area contributed by atoms with Gasteiger partial charge in [-0.05, 0) is 62.2 Å². The van der Waals surface area contributed by atoms with Crippen LogP contribution >= 0.6 is 15.9 Å². The number of aromatic nitrogens is 1. The molecule has 0 aliphatic heterocycles. The summed E-state index contributed by atoms with van der Waals surface area (Å²) < 4.78 is 0.791. The molecule has 0 bridgehead atoms. The SMILES string of the molecule is CC(C)(C(=O)O)c1cncc(Br)c1.CC(C)(C)O. The van der Waals surface area contributed by atoms with Gasteiger partial charge in [0, 0.05) is 16.9 Å². The van der Waals surface area contributed by atoms with Crippen LogP contribution in [0.15, 0.2) is 22.9 Å². The average Bonchev–Trinajstić information content (AvgIpc) is 2.14. The zero-order valence-electron chi connectivity index (χ0n) is 11.4. The summed E-state index contributed by atoms with van der Waals surface area (Å²) in [5, 5.41) is 17.5. The van der Waals surface area contributed by atoms with Gasteiger partial charge in [0.05, 0.1) is 11.0 Å². The quantitative estimate of drug-likeness (QED) is 0.879. The lowest BCUT2D eigenvalue weighted by atomic mass is 9.86. The van der Waals surface area contributed by atoms with E-state index in [1.165, 1.54) is 0 Å². The van der Waals surface area contributed by atoms with E-state index >= 15 is 0 Å². The number of carbonyl (C=O) groups is 1. The molecule has 0 saturated heterocycles. The monoisotopic (exact) mass is 317 g/mol. The standard InChI is InChI=1S/C9H10BrNO2.C4H10O/c1-9(2,8(12)13)6-3-7(10)5-11-4-6;1-4(2,3)5/h3-5H,1-2H3,(H,12,13);5H,1-3H3. The fraction of sp³-hybridized carbons (Fsp3) is 0.538. The second-order valence-corrected chi connectivity index (χ2v) is 6.41. The third kappa shape index (κ3) is 6.71. The van der Waals surface area contributed by atoms with Crippen molar-refractivity contribution in [2.24, 2.45) is 0 Å². The summed E-state index contributed by atoms with van der Waals surface area (Å²) in [5.74, 6) is -0.854. The van der Waals surface area contributed by atoms with Crippen molar-refractivity contribution in [3.8, 4) is 0 Å². The molecule has 0 aromatic carbocycles. The van der Waals surface area contributed by atoms with Crippen molar-refractivity contribution in [3.05, 3.63) is 28.5 Å². The molecule has 102 valence electrons. The molecule has 0 fully saturated rings. The zero-order valence-corrected chi connectivity index (χ0v) is 12.9. The first-order valence-electron chi connectivity index (χ1n) is 5.51. The molecule has 0 aliphatic carbocycles. The van der Waals surface area contributed by atoms with Crippen LogP contribution in [-0.4, -0.2) is 26.8 Å². The van der Waals surface area contributed by atoms with E-state index in [1.807, 2.05) is 0 Å². The van der Waals surface area contributed by atoms with Crippen molar-refractivity contribution in [1.29, 1.82) is 0 Å². The summed E-state index contributed by atoms with van der Waals surface area (Å²) in [7, 11) is 0. The van der Waals surface area contributed by atoms with Gasteiger partial charge in [-0.15, -0.1) is 0 Å². The van der Waals surface area contributed by atoms with Crippen LogP contribution in [-0.2, 0) is 10.2 Å². The summed E-state index contributed by atoms with van der Waals surface area (Å²) >= 11 is 3.25. The molecule has 1 rings (SSSR count). The molecule has 0 atom stereocenters. The molecule has 4 nitrogen and oxygen atoms in total. The van der Waals surface area contributed by atoms with Gasteiger partial charge >= 0.3 is 5.97 Å². The van der Waals surface area contributed by atoms with E-state index in [9.17, 15) is 4.79 Å². The Balaban J connectivity index is 0.000000494. The lowest BCUT2D eigenvalue weighted by Crippen LogP contribution is -2.28. The molecule has 0 radical (unpaired) electrons. The van der Waals surface area contributed by atoms with E-state index in [-0.39, 0.29) is 0 Å². The van der Waals surface area contributed by atoms with Crippen molar-refractivity contribution in [3.63, 3.8) is 0 Å². The van der Waals surface area contributed by atoms with Crippen LogP contribution in [0.4, 0.5) is 0 Å². The highest BCUT2D eigenvalue weighted by Gasteiger charge is 2.29. The minimum absolute atomic E-state index is 0.500. The van der Waals surface area contributed by atoms with Gasteiger partial charge < -0.3 is 10.2 Å². The number of aliphatic carboxylic acids is 1. The van der Waals surface area contributed by atoms with Crippen molar-refractivity contribution in [1.82, 2.24) is 4.98 Å². The van der Waals surface area contributed by atoms with Crippen molar-refractivity contribution >= 4 is 21.9 Å². The largest absolute Gasteiger partial charge is 0.481 e. The van der Waals surface area contributed by atoms with Crippen molar-refractivity contribution in [2.45, 2.75) is 45.6 Å². The summed E-state index contributed by atoms with van der Waals surface area (Å²) in [6, 6.07) is 1.76. The first-order valence-corrected chi connectivity index (χ1v) is 6.30. The Morgan fingerprint density at radius 1 is 1.22 bits per heavy atom. The van der Waals surface area contributed by atoms with Crippen molar-refractivity contribution in [2.75, 3.05) is 0 Å². The number of rotatable bonds is 2. The van der Waals surface area contributed by atoms with E-state index in [2.05, 4.69) is 20.9 Å². The number of halogens is 1.